The van der Waals surface area contributed by atoms with Crippen molar-refractivity contribution in [2.75, 3.05) is 13.2 Å². The van der Waals surface area contributed by atoms with E-state index in [1.54, 1.807) is 0 Å². The van der Waals surface area contributed by atoms with Crippen LogP contribution in [0.15, 0.2) is 24.3 Å². The van der Waals surface area contributed by atoms with E-state index >= 15 is 0 Å². The Hall–Kier alpha value is -0.570. The lowest BCUT2D eigenvalue weighted by molar-refractivity contribution is 0.177. The zero-order valence-electron chi connectivity index (χ0n) is 11.2. The second kappa shape index (κ2) is 6.55. The Bertz CT molecular complexity index is 377. The van der Waals surface area contributed by atoms with E-state index in [0.29, 0.717) is 18.0 Å². The molecule has 0 saturated carbocycles. The van der Waals surface area contributed by atoms with Crippen molar-refractivity contribution in [2.45, 2.75) is 38.8 Å². The van der Waals surface area contributed by atoms with Gasteiger partial charge in [-0.3, -0.25) is 0 Å². The normalized spacial score (nSPS) is 22.9. The van der Waals surface area contributed by atoms with Gasteiger partial charge in [-0.15, -0.1) is 0 Å². The zero-order valence-corrected chi connectivity index (χ0v) is 11.9. The average Bonchev–Trinajstić information content (AvgIpc) is 2.85. The Morgan fingerprint density at radius 2 is 2.17 bits per heavy atom. The van der Waals surface area contributed by atoms with Crippen molar-refractivity contribution in [3.63, 3.8) is 0 Å². The summed E-state index contributed by atoms with van der Waals surface area (Å²) in [5.41, 5.74) is 1.22. The molecule has 2 nitrogen and oxygen atoms in total. The van der Waals surface area contributed by atoms with Crippen molar-refractivity contribution in [1.82, 2.24) is 5.32 Å². The summed E-state index contributed by atoms with van der Waals surface area (Å²) in [5, 5.41) is 4.52. The summed E-state index contributed by atoms with van der Waals surface area (Å²) in [6.45, 7) is 6.28. The van der Waals surface area contributed by atoms with Crippen LogP contribution in [0.5, 0.6) is 0 Å². The molecule has 1 saturated heterocycles. The molecular formula is C15H22ClNO. The number of ether oxygens (including phenoxy) is 1. The first-order valence-electron chi connectivity index (χ1n) is 6.74. The second-order valence-electron chi connectivity index (χ2n) is 5.28. The molecule has 0 radical (unpaired) electrons. The van der Waals surface area contributed by atoms with E-state index in [-0.39, 0.29) is 0 Å². The molecule has 1 aromatic rings. The first kappa shape index (κ1) is 13.9. The van der Waals surface area contributed by atoms with Crippen molar-refractivity contribution in [3.05, 3.63) is 34.9 Å². The van der Waals surface area contributed by atoms with Gasteiger partial charge in [-0.2, -0.15) is 0 Å². The van der Waals surface area contributed by atoms with Gasteiger partial charge >= 0.3 is 0 Å². The van der Waals surface area contributed by atoms with Crippen molar-refractivity contribution >= 4 is 11.6 Å². The second-order valence-corrected chi connectivity index (χ2v) is 5.68. The maximum absolute atomic E-state index is 6.18. The van der Waals surface area contributed by atoms with E-state index < -0.39 is 0 Å². The third-order valence-electron chi connectivity index (χ3n) is 3.70. The quantitative estimate of drug-likeness (QED) is 0.884. The molecule has 3 unspecified atom stereocenters. The number of rotatable bonds is 5. The molecule has 100 valence electrons. The van der Waals surface area contributed by atoms with Crippen LogP contribution in [0.25, 0.3) is 0 Å². The number of benzene rings is 1. The van der Waals surface area contributed by atoms with E-state index in [9.17, 15) is 0 Å². The van der Waals surface area contributed by atoms with Crippen molar-refractivity contribution < 1.29 is 4.74 Å². The largest absolute Gasteiger partial charge is 0.381 e. The minimum atomic E-state index is 0.431. The van der Waals surface area contributed by atoms with Crippen LogP contribution >= 0.6 is 11.6 Å². The fourth-order valence-electron chi connectivity index (χ4n) is 2.58. The Labute approximate surface area is 115 Å². The van der Waals surface area contributed by atoms with Gasteiger partial charge in [-0.05, 0) is 44.2 Å². The van der Waals surface area contributed by atoms with Gasteiger partial charge in [0, 0.05) is 23.7 Å². The highest BCUT2D eigenvalue weighted by atomic mass is 35.5. The highest BCUT2D eigenvalue weighted by molar-refractivity contribution is 6.31. The molecule has 3 atom stereocenters. The highest BCUT2D eigenvalue weighted by Crippen LogP contribution is 2.19. The smallest absolute Gasteiger partial charge is 0.0509 e. The molecule has 2 rings (SSSR count). The molecule has 1 aliphatic rings. The maximum atomic E-state index is 6.18. The van der Waals surface area contributed by atoms with E-state index in [4.69, 9.17) is 16.3 Å². The van der Waals surface area contributed by atoms with Gasteiger partial charge in [0.05, 0.1) is 6.61 Å². The SMILES string of the molecule is CC(Cc1ccccc1Cl)NC(C)C1CCOC1. The van der Waals surface area contributed by atoms with E-state index in [2.05, 4.69) is 25.2 Å². The van der Waals surface area contributed by atoms with Gasteiger partial charge in [0.1, 0.15) is 0 Å². The number of hydrogen-bond acceptors (Lipinski definition) is 2. The molecule has 0 spiro atoms. The van der Waals surface area contributed by atoms with Gasteiger partial charge in [0.25, 0.3) is 0 Å². The number of halogens is 1. The van der Waals surface area contributed by atoms with Crippen LogP contribution in [-0.2, 0) is 11.2 Å². The van der Waals surface area contributed by atoms with Crippen LogP contribution in [0.1, 0.15) is 25.8 Å². The van der Waals surface area contributed by atoms with Crippen LogP contribution in [0.3, 0.4) is 0 Å². The summed E-state index contributed by atoms with van der Waals surface area (Å²) in [6, 6.07) is 9.01. The summed E-state index contributed by atoms with van der Waals surface area (Å²) in [4.78, 5) is 0. The monoisotopic (exact) mass is 267 g/mol. The van der Waals surface area contributed by atoms with Crippen LogP contribution in [0.2, 0.25) is 5.02 Å². The third-order valence-corrected chi connectivity index (χ3v) is 4.07. The van der Waals surface area contributed by atoms with E-state index in [0.717, 1.165) is 24.7 Å². The fourth-order valence-corrected chi connectivity index (χ4v) is 2.80. The van der Waals surface area contributed by atoms with Gasteiger partial charge in [0.15, 0.2) is 0 Å². The summed E-state index contributed by atoms with van der Waals surface area (Å²) < 4.78 is 5.44. The van der Waals surface area contributed by atoms with Crippen molar-refractivity contribution in [2.24, 2.45) is 5.92 Å². The third kappa shape index (κ3) is 3.71. The molecule has 0 aromatic heterocycles. The standard InChI is InChI=1S/C15H22ClNO/c1-11(9-13-5-3-4-6-15(13)16)17-12(2)14-7-8-18-10-14/h3-6,11-12,14,17H,7-10H2,1-2H3. The highest BCUT2D eigenvalue weighted by Gasteiger charge is 2.23. The summed E-state index contributed by atoms with van der Waals surface area (Å²) in [6.07, 6.45) is 2.14. The first-order chi connectivity index (χ1) is 8.66. The predicted molar refractivity (Wildman–Crippen MR) is 76.1 cm³/mol. The molecule has 1 N–H and O–H groups in total. The molecule has 1 aromatic carbocycles. The summed E-state index contributed by atoms with van der Waals surface area (Å²) >= 11 is 6.18. The minimum Gasteiger partial charge on any atom is -0.381 e. The molecule has 1 aliphatic heterocycles. The Morgan fingerprint density at radius 3 is 2.83 bits per heavy atom. The Kier molecular flexibility index (Phi) is 5.04. The van der Waals surface area contributed by atoms with Gasteiger partial charge in [-0.25, -0.2) is 0 Å². The van der Waals surface area contributed by atoms with Gasteiger partial charge in [-0.1, -0.05) is 29.8 Å². The Morgan fingerprint density at radius 1 is 1.39 bits per heavy atom. The average molecular weight is 268 g/mol. The predicted octanol–water partition coefficient (Wildman–Crippen LogP) is 3.29. The molecule has 0 aliphatic carbocycles. The molecule has 18 heavy (non-hydrogen) atoms. The van der Waals surface area contributed by atoms with Crippen LogP contribution in [0, 0.1) is 5.92 Å². The van der Waals surface area contributed by atoms with Gasteiger partial charge in [0.2, 0.25) is 0 Å². The first-order valence-corrected chi connectivity index (χ1v) is 7.12. The number of hydrogen-bond donors (Lipinski definition) is 1. The van der Waals surface area contributed by atoms with E-state index in [1.807, 2.05) is 18.2 Å². The van der Waals surface area contributed by atoms with Gasteiger partial charge < -0.3 is 10.1 Å². The lowest BCUT2D eigenvalue weighted by Crippen LogP contribution is -2.40. The molecule has 3 heteroatoms. The summed E-state index contributed by atoms with van der Waals surface area (Å²) in [7, 11) is 0. The van der Waals surface area contributed by atoms with Crippen molar-refractivity contribution in [1.29, 1.82) is 0 Å². The molecular weight excluding hydrogens is 246 g/mol. The van der Waals surface area contributed by atoms with Crippen LogP contribution in [-0.4, -0.2) is 25.3 Å². The Balaban J connectivity index is 1.84. The topological polar surface area (TPSA) is 21.3 Å². The van der Waals surface area contributed by atoms with Crippen LogP contribution in [0.4, 0.5) is 0 Å². The minimum absolute atomic E-state index is 0.431. The molecule has 1 heterocycles. The van der Waals surface area contributed by atoms with E-state index in [1.165, 1.54) is 12.0 Å². The van der Waals surface area contributed by atoms with Crippen molar-refractivity contribution in [3.8, 4) is 0 Å². The lowest BCUT2D eigenvalue weighted by atomic mass is 9.98. The van der Waals surface area contributed by atoms with Crippen LogP contribution < -0.4 is 5.32 Å². The lowest BCUT2D eigenvalue weighted by Gasteiger charge is -2.24. The fraction of sp³-hybridized carbons (Fsp3) is 0.600. The molecule has 0 amide bonds. The molecule has 0 bridgehead atoms. The zero-order chi connectivity index (χ0) is 13.0. The summed E-state index contributed by atoms with van der Waals surface area (Å²) in [5.74, 6) is 0.652. The number of nitrogens with one attached hydrogen (secondary N) is 1. The maximum Gasteiger partial charge on any atom is 0.0509 e. The molecule has 1 fully saturated rings.